The van der Waals surface area contributed by atoms with E-state index in [0.29, 0.717) is 5.92 Å². The Morgan fingerprint density at radius 2 is 1.86 bits per heavy atom. The summed E-state index contributed by atoms with van der Waals surface area (Å²) in [4.78, 5) is 24.6. The molecule has 0 aromatic heterocycles. The van der Waals surface area contributed by atoms with Gasteiger partial charge in [-0.25, -0.2) is 4.39 Å². The van der Waals surface area contributed by atoms with Gasteiger partial charge in [-0.3, -0.25) is 9.69 Å². The van der Waals surface area contributed by atoms with E-state index in [1.54, 1.807) is 25.2 Å². The number of amides is 1. The first-order chi connectivity index (χ1) is 16.4. The molecule has 1 aliphatic heterocycles. The zero-order chi connectivity index (χ0) is 24.5. The number of likely N-dealkylation sites (tertiary alicyclic amines) is 1. The normalized spacial score (nSPS) is 18.6. The molecule has 1 N–H and O–H groups in total. The second kappa shape index (κ2) is 14.9. The monoisotopic (exact) mass is 705 g/mol. The van der Waals surface area contributed by atoms with E-state index in [1.807, 2.05) is 49.5 Å². The van der Waals surface area contributed by atoms with Gasteiger partial charge in [-0.05, 0) is 82.0 Å². The first kappa shape index (κ1) is 29.7. The number of carbonyl (C=O) groups is 2. The fourth-order valence-corrected chi connectivity index (χ4v) is 4.45. The first-order valence-corrected chi connectivity index (χ1v) is 12.0. The molecule has 8 heteroatoms. The predicted octanol–water partition coefficient (Wildman–Crippen LogP) is 4.43. The van der Waals surface area contributed by atoms with Gasteiger partial charge in [0.05, 0.1) is 18.4 Å². The Labute approximate surface area is 232 Å². The maximum absolute atomic E-state index is 14.8. The summed E-state index contributed by atoms with van der Waals surface area (Å²) < 4.78 is 14.8. The molecule has 35 heavy (non-hydrogen) atoms. The summed E-state index contributed by atoms with van der Waals surface area (Å²) in [5.74, 6) is 0.230. The van der Waals surface area contributed by atoms with Gasteiger partial charge in [-0.2, -0.15) is 0 Å². The number of nitrogens with one attached hydrogen (secondary N) is 1. The topological polar surface area (TPSA) is 66.8 Å². The largest absolute Gasteiger partial charge is 0.589 e. The van der Waals surface area contributed by atoms with Crippen molar-refractivity contribution >= 4 is 12.2 Å². The average Bonchev–Trinajstić information content (AvgIpc) is 3.23. The molecular weight excluding hydrogens is 669 g/mol. The van der Waals surface area contributed by atoms with Crippen LogP contribution in [-0.2, 0) is 9.59 Å². The molecule has 1 saturated carbocycles. The average molecular weight is 706 g/mol. The molecule has 1 heterocycles. The Bertz CT molecular complexity index is 940. The van der Waals surface area contributed by atoms with Crippen LogP contribution in [0, 0.1) is 36.9 Å². The van der Waals surface area contributed by atoms with Crippen LogP contribution in [0.4, 0.5) is 4.39 Å². The van der Waals surface area contributed by atoms with Crippen LogP contribution in [0.3, 0.4) is 0 Å². The number of benzene rings is 2. The van der Waals surface area contributed by atoms with E-state index in [-0.39, 0.29) is 61.5 Å². The zero-order valence-corrected chi connectivity index (χ0v) is 25.1. The second-order valence-corrected chi connectivity index (χ2v) is 9.24. The van der Waals surface area contributed by atoms with Crippen molar-refractivity contribution in [3.8, 4) is 0 Å². The third-order valence-electron chi connectivity index (χ3n) is 6.58. The van der Waals surface area contributed by atoms with Gasteiger partial charge in [-0.1, -0.05) is 55.4 Å². The minimum absolute atomic E-state index is 0. The Kier molecular flexibility index (Phi) is 12.6. The van der Waals surface area contributed by atoms with E-state index in [0.717, 1.165) is 55.2 Å². The molecule has 2 aliphatic rings. The summed E-state index contributed by atoms with van der Waals surface area (Å²) in [5, 5.41) is 4.78. The quantitative estimate of drug-likeness (QED) is 0.327. The van der Waals surface area contributed by atoms with Crippen molar-refractivity contribution in [3.05, 3.63) is 76.5 Å². The van der Waals surface area contributed by atoms with Gasteiger partial charge < -0.3 is 20.5 Å². The van der Waals surface area contributed by atoms with Crippen molar-refractivity contribution in [2.75, 3.05) is 34.2 Å². The maximum Gasteiger partial charge on any atom is 0.238 e. The predicted molar refractivity (Wildman–Crippen MR) is 133 cm³/mol. The van der Waals surface area contributed by atoms with Crippen LogP contribution in [0.25, 0.3) is 5.43 Å². The molecule has 0 bridgehead atoms. The molecule has 2 unspecified atom stereocenters. The maximum atomic E-state index is 14.8. The molecule has 1 aliphatic carbocycles. The first-order valence-electron chi connectivity index (χ1n) is 12.0. The van der Waals surface area contributed by atoms with Crippen molar-refractivity contribution in [2.45, 2.75) is 50.1 Å². The molecule has 2 aromatic carbocycles. The van der Waals surface area contributed by atoms with E-state index in [9.17, 15) is 14.0 Å². The smallest absolute Gasteiger partial charge is 0.238 e. The van der Waals surface area contributed by atoms with Gasteiger partial charge in [-0.15, -0.1) is 0 Å². The number of rotatable bonds is 8. The molecule has 6 nitrogen and oxygen atoms in total. The van der Waals surface area contributed by atoms with Crippen LogP contribution in [0.2, 0.25) is 0 Å². The Morgan fingerprint density at radius 1 is 1.14 bits per heavy atom. The van der Waals surface area contributed by atoms with Crippen LogP contribution in [0.1, 0.15) is 60.8 Å². The van der Waals surface area contributed by atoms with Crippen molar-refractivity contribution in [1.29, 1.82) is 0 Å². The van der Waals surface area contributed by atoms with E-state index >= 15 is 0 Å². The van der Waals surface area contributed by atoms with Crippen molar-refractivity contribution < 1.29 is 45.1 Å². The molecule has 1 saturated heterocycles. The van der Waals surface area contributed by atoms with E-state index in [1.165, 1.54) is 6.42 Å². The zero-order valence-electron chi connectivity index (χ0n) is 20.9. The molecule has 2 aromatic rings. The molecule has 188 valence electrons. The number of aldehydes is 1. The number of nitrogens with zero attached hydrogens (tertiary/aromatic N) is 3. The van der Waals surface area contributed by atoms with Crippen LogP contribution in [0.5, 0.6) is 0 Å². The van der Waals surface area contributed by atoms with Crippen molar-refractivity contribution in [3.63, 3.8) is 0 Å². The van der Waals surface area contributed by atoms with E-state index in [2.05, 4.69) is 15.6 Å². The van der Waals surface area contributed by atoms with E-state index < -0.39 is 0 Å². The van der Waals surface area contributed by atoms with Gasteiger partial charge in [0.25, 0.3) is 0 Å². The standard InChI is InChI=1S/C23H27FN2O.C4H9N2O.U/c1-26-14-6-11-21(26)23(27)25-22(17-7-3-2-4-8-17)18-12-13-19(20(24)15-18)16-9-5-10-16;1-6(2)5-3-4-7;/h2-4,7-8,12-13,15-16,21-22H,5-6,9-11,14H2,1H3,(H,25,27);4H,3H2,1-2H3;/q;-1;. The fraction of sp³-hybridized carbons (Fsp3) is 0.481. The second-order valence-electron chi connectivity index (χ2n) is 9.24. The van der Waals surface area contributed by atoms with Gasteiger partial charge >= 0.3 is 0 Å². The SMILES string of the molecule is CN(C)[N-]CC=O.CN1CCCC1C(=O)NC(c1ccccc1)c1ccc(C2CCC2)c(F)c1.[U]. The van der Waals surface area contributed by atoms with E-state index in [4.69, 9.17) is 0 Å². The van der Waals surface area contributed by atoms with Crippen molar-refractivity contribution in [2.24, 2.45) is 0 Å². The Hall–Kier alpha value is -1.56. The van der Waals surface area contributed by atoms with Gasteiger partial charge in [0.1, 0.15) is 5.82 Å². The number of halogens is 1. The summed E-state index contributed by atoms with van der Waals surface area (Å²) in [6.07, 6.45) is 6.00. The minimum Gasteiger partial charge on any atom is -0.589 e. The minimum atomic E-state index is -0.336. The number of likely N-dealkylation sites (N-methyl/N-ethyl adjacent to an activating group) is 1. The summed E-state index contributed by atoms with van der Waals surface area (Å²) in [7, 11) is 5.55. The molecular formula is C27H36FN4O2U-. The Morgan fingerprint density at radius 3 is 2.34 bits per heavy atom. The fourth-order valence-electron chi connectivity index (χ4n) is 4.45. The summed E-state index contributed by atoms with van der Waals surface area (Å²) in [5.41, 5.74) is 6.30. The van der Waals surface area contributed by atoms with Crippen LogP contribution in [-0.4, -0.2) is 62.4 Å². The summed E-state index contributed by atoms with van der Waals surface area (Å²) in [6, 6.07) is 14.9. The van der Waals surface area contributed by atoms with Crippen LogP contribution in [0.15, 0.2) is 48.5 Å². The van der Waals surface area contributed by atoms with Gasteiger partial charge in [0.2, 0.25) is 5.91 Å². The van der Waals surface area contributed by atoms with Crippen LogP contribution >= 0.6 is 0 Å². The number of carbonyl (C=O) groups excluding carboxylic acids is 2. The molecule has 1 amide bonds. The molecule has 0 radical (unpaired) electrons. The molecule has 2 fully saturated rings. The Balaban J connectivity index is 0.000000476. The third kappa shape index (κ3) is 8.51. The molecule has 0 spiro atoms. The number of hydrogen-bond donors (Lipinski definition) is 1. The number of hydrogen-bond acceptors (Lipinski definition) is 4. The third-order valence-corrected chi connectivity index (χ3v) is 6.58. The van der Waals surface area contributed by atoms with Crippen LogP contribution < -0.4 is 5.32 Å². The van der Waals surface area contributed by atoms with Gasteiger partial charge in [0, 0.05) is 31.1 Å². The molecule has 2 atom stereocenters. The summed E-state index contributed by atoms with van der Waals surface area (Å²) >= 11 is 0. The molecule has 4 rings (SSSR count). The summed E-state index contributed by atoms with van der Waals surface area (Å²) in [6.45, 7) is 1.21. The van der Waals surface area contributed by atoms with Gasteiger partial charge in [0.15, 0.2) is 0 Å². The van der Waals surface area contributed by atoms with Crippen molar-refractivity contribution in [1.82, 2.24) is 15.2 Å².